The molecular formula is C26H42O2. The molecule has 0 aromatic heterocycles. The lowest BCUT2D eigenvalue weighted by Crippen LogP contribution is -2.09. The van der Waals surface area contributed by atoms with Crippen molar-refractivity contribution in [2.24, 2.45) is 5.92 Å². The van der Waals surface area contributed by atoms with Crippen LogP contribution in [0.2, 0.25) is 0 Å². The van der Waals surface area contributed by atoms with Crippen LogP contribution in [0.1, 0.15) is 115 Å². The third-order valence-electron chi connectivity index (χ3n) is 6.06. The van der Waals surface area contributed by atoms with Gasteiger partial charge < -0.3 is 4.74 Å². The highest BCUT2D eigenvalue weighted by molar-refractivity contribution is 5.77. The molecule has 0 heterocycles. The molecule has 158 valence electrons. The van der Waals surface area contributed by atoms with Crippen molar-refractivity contribution in [1.29, 1.82) is 0 Å². The quantitative estimate of drug-likeness (QED) is 0.201. The Morgan fingerprint density at radius 3 is 1.82 bits per heavy atom. The number of carbonyl (C=O) groups excluding carboxylic acids is 1. The smallest absolute Gasteiger partial charge is 0.309 e. The fourth-order valence-corrected chi connectivity index (χ4v) is 4.10. The number of esters is 1. The van der Waals surface area contributed by atoms with E-state index >= 15 is 0 Å². The minimum absolute atomic E-state index is 0.0172. The molecule has 0 N–H and O–H groups in total. The maximum absolute atomic E-state index is 12.1. The Morgan fingerprint density at radius 2 is 1.29 bits per heavy atom. The van der Waals surface area contributed by atoms with Gasteiger partial charge in [-0.05, 0) is 24.3 Å². The first-order chi connectivity index (χ1) is 13.8. The molecule has 1 fully saturated rings. The van der Waals surface area contributed by atoms with Gasteiger partial charge in [-0.3, -0.25) is 4.79 Å². The topological polar surface area (TPSA) is 26.3 Å². The van der Waals surface area contributed by atoms with Crippen molar-refractivity contribution < 1.29 is 9.53 Å². The molecule has 1 saturated carbocycles. The van der Waals surface area contributed by atoms with E-state index in [1.807, 2.05) is 18.2 Å². The predicted molar refractivity (Wildman–Crippen MR) is 119 cm³/mol. The van der Waals surface area contributed by atoms with Crippen molar-refractivity contribution in [3.05, 3.63) is 35.9 Å². The van der Waals surface area contributed by atoms with Crippen LogP contribution in [0.15, 0.2) is 30.3 Å². The zero-order valence-electron chi connectivity index (χ0n) is 18.2. The molecule has 1 aliphatic rings. The maximum Gasteiger partial charge on any atom is 0.309 e. The molecule has 1 aliphatic carbocycles. The van der Waals surface area contributed by atoms with E-state index < -0.39 is 0 Å². The molecule has 0 aliphatic heterocycles. The summed E-state index contributed by atoms with van der Waals surface area (Å²) in [6.45, 7) is 2.89. The summed E-state index contributed by atoms with van der Waals surface area (Å²) >= 11 is 0. The van der Waals surface area contributed by atoms with Gasteiger partial charge in [0.2, 0.25) is 0 Å². The van der Waals surface area contributed by atoms with Crippen molar-refractivity contribution in [2.75, 3.05) is 6.61 Å². The Hall–Kier alpha value is -1.31. The van der Waals surface area contributed by atoms with Gasteiger partial charge in [0.15, 0.2) is 0 Å². The molecule has 0 saturated heterocycles. The largest absolute Gasteiger partial charge is 0.465 e. The van der Waals surface area contributed by atoms with Crippen LogP contribution in [-0.2, 0) is 9.53 Å². The highest BCUT2D eigenvalue weighted by Gasteiger charge is 2.44. The molecular weight excluding hydrogens is 344 g/mol. The van der Waals surface area contributed by atoms with E-state index in [9.17, 15) is 4.79 Å². The van der Waals surface area contributed by atoms with Gasteiger partial charge in [-0.15, -0.1) is 0 Å². The molecule has 1 aromatic rings. The fourth-order valence-electron chi connectivity index (χ4n) is 4.10. The molecule has 28 heavy (non-hydrogen) atoms. The normalized spacial score (nSPS) is 18.2. The van der Waals surface area contributed by atoms with Gasteiger partial charge in [-0.2, -0.15) is 0 Å². The Bertz CT molecular complexity index is 510. The average Bonchev–Trinajstić information content (AvgIpc) is 3.52. The molecule has 0 spiro atoms. The third kappa shape index (κ3) is 9.75. The van der Waals surface area contributed by atoms with Gasteiger partial charge in [0.1, 0.15) is 0 Å². The number of unbranched alkanes of at least 4 members (excludes halogenated alkanes) is 13. The summed E-state index contributed by atoms with van der Waals surface area (Å²) in [6.07, 6.45) is 19.9. The van der Waals surface area contributed by atoms with E-state index in [0.717, 1.165) is 12.8 Å². The Labute approximate surface area is 173 Å². The van der Waals surface area contributed by atoms with Gasteiger partial charge in [-0.25, -0.2) is 0 Å². The fraction of sp³-hybridized carbons (Fsp3) is 0.731. The van der Waals surface area contributed by atoms with E-state index in [0.29, 0.717) is 12.5 Å². The highest BCUT2D eigenvalue weighted by atomic mass is 16.5. The standard InChI is InChI=1S/C26H42O2/c1-2-3-4-5-6-7-8-9-10-11-12-13-14-18-21-28-26(27)25-22-24(25)23-19-16-15-17-20-23/h15-17,19-20,24-25H,2-14,18,21-22H2,1H3. The van der Waals surface area contributed by atoms with E-state index in [4.69, 9.17) is 4.74 Å². The van der Waals surface area contributed by atoms with Gasteiger partial charge >= 0.3 is 5.97 Å². The van der Waals surface area contributed by atoms with Crippen LogP contribution >= 0.6 is 0 Å². The van der Waals surface area contributed by atoms with Gasteiger partial charge in [-0.1, -0.05) is 121 Å². The molecule has 0 bridgehead atoms. The monoisotopic (exact) mass is 386 g/mol. The van der Waals surface area contributed by atoms with Gasteiger partial charge in [0.05, 0.1) is 12.5 Å². The summed E-state index contributed by atoms with van der Waals surface area (Å²) < 4.78 is 5.49. The minimum Gasteiger partial charge on any atom is -0.465 e. The van der Waals surface area contributed by atoms with Crippen molar-refractivity contribution in [3.63, 3.8) is 0 Å². The predicted octanol–water partition coefficient (Wildman–Crippen LogP) is 7.81. The molecule has 2 unspecified atom stereocenters. The van der Waals surface area contributed by atoms with Crippen molar-refractivity contribution in [3.8, 4) is 0 Å². The summed E-state index contributed by atoms with van der Waals surface area (Å²) in [5.41, 5.74) is 1.28. The minimum atomic E-state index is 0.0172. The van der Waals surface area contributed by atoms with Crippen LogP contribution in [0, 0.1) is 5.92 Å². The Balaban J connectivity index is 1.32. The van der Waals surface area contributed by atoms with Crippen LogP contribution < -0.4 is 0 Å². The zero-order chi connectivity index (χ0) is 19.9. The number of benzene rings is 1. The molecule has 2 rings (SSSR count). The second-order valence-corrected chi connectivity index (χ2v) is 8.62. The summed E-state index contributed by atoms with van der Waals surface area (Å²) in [4.78, 5) is 12.1. The lowest BCUT2D eigenvalue weighted by Gasteiger charge is -2.05. The SMILES string of the molecule is CCCCCCCCCCCCCCCCOC(=O)C1CC1c1ccccc1. The van der Waals surface area contributed by atoms with E-state index in [2.05, 4.69) is 19.1 Å². The van der Waals surface area contributed by atoms with E-state index in [-0.39, 0.29) is 11.9 Å². The first kappa shape index (κ1) is 23.0. The molecule has 0 radical (unpaired) electrons. The number of hydrogen-bond acceptors (Lipinski definition) is 2. The number of hydrogen-bond donors (Lipinski definition) is 0. The molecule has 1 aromatic carbocycles. The van der Waals surface area contributed by atoms with Gasteiger partial charge in [0.25, 0.3) is 0 Å². The van der Waals surface area contributed by atoms with E-state index in [1.165, 1.54) is 89.0 Å². The third-order valence-corrected chi connectivity index (χ3v) is 6.06. The summed E-state index contributed by atoms with van der Waals surface area (Å²) in [5.74, 6) is 0.516. The van der Waals surface area contributed by atoms with Crippen LogP contribution in [0.25, 0.3) is 0 Å². The van der Waals surface area contributed by atoms with Crippen LogP contribution in [-0.4, -0.2) is 12.6 Å². The molecule has 2 heteroatoms. The highest BCUT2D eigenvalue weighted by Crippen LogP contribution is 2.48. The van der Waals surface area contributed by atoms with E-state index in [1.54, 1.807) is 0 Å². The number of ether oxygens (including phenoxy) is 1. The first-order valence-electron chi connectivity index (χ1n) is 12.0. The average molecular weight is 387 g/mol. The zero-order valence-corrected chi connectivity index (χ0v) is 18.2. The molecule has 2 nitrogen and oxygen atoms in total. The van der Waals surface area contributed by atoms with Crippen LogP contribution in [0.3, 0.4) is 0 Å². The summed E-state index contributed by atoms with van der Waals surface area (Å²) in [7, 11) is 0. The second-order valence-electron chi connectivity index (χ2n) is 8.62. The van der Waals surface area contributed by atoms with Gasteiger partial charge in [0, 0.05) is 0 Å². The van der Waals surface area contributed by atoms with Crippen molar-refractivity contribution in [2.45, 2.75) is 109 Å². The second kappa shape index (κ2) is 14.7. The summed E-state index contributed by atoms with van der Waals surface area (Å²) in [6, 6.07) is 10.3. The van der Waals surface area contributed by atoms with Crippen molar-refractivity contribution >= 4 is 5.97 Å². The lowest BCUT2D eigenvalue weighted by molar-refractivity contribution is -0.145. The number of rotatable bonds is 17. The summed E-state index contributed by atoms with van der Waals surface area (Å²) in [5, 5.41) is 0. The van der Waals surface area contributed by atoms with Crippen molar-refractivity contribution in [1.82, 2.24) is 0 Å². The first-order valence-corrected chi connectivity index (χ1v) is 12.0. The molecule has 0 amide bonds. The van der Waals surface area contributed by atoms with Crippen LogP contribution in [0.5, 0.6) is 0 Å². The Kier molecular flexibility index (Phi) is 12.0. The lowest BCUT2D eigenvalue weighted by atomic mass is 10.0. The number of carbonyl (C=O) groups is 1. The van der Waals surface area contributed by atoms with Crippen LogP contribution in [0.4, 0.5) is 0 Å². The molecule has 2 atom stereocenters. The maximum atomic E-state index is 12.1. The Morgan fingerprint density at radius 1 is 0.786 bits per heavy atom.